The highest BCUT2D eigenvalue weighted by molar-refractivity contribution is 4.90. The van der Waals surface area contributed by atoms with Gasteiger partial charge in [-0.3, -0.25) is 0 Å². The molecule has 1 saturated carbocycles. The van der Waals surface area contributed by atoms with Crippen LogP contribution in [0.2, 0.25) is 0 Å². The van der Waals surface area contributed by atoms with E-state index in [1.54, 1.807) is 0 Å². The van der Waals surface area contributed by atoms with Gasteiger partial charge < -0.3 is 10.1 Å². The Kier molecular flexibility index (Phi) is 4.66. The van der Waals surface area contributed by atoms with Crippen molar-refractivity contribution in [1.29, 1.82) is 0 Å². The van der Waals surface area contributed by atoms with Crippen molar-refractivity contribution < 1.29 is 4.74 Å². The summed E-state index contributed by atoms with van der Waals surface area (Å²) in [7, 11) is 0. The smallest absolute Gasteiger partial charge is 0.0685 e. The number of hydrogen-bond acceptors (Lipinski definition) is 2. The molecule has 2 aliphatic rings. The zero-order valence-corrected chi connectivity index (χ0v) is 10.8. The third-order valence-electron chi connectivity index (χ3n) is 4.22. The molecule has 16 heavy (non-hydrogen) atoms. The fourth-order valence-electron chi connectivity index (χ4n) is 3.33. The van der Waals surface area contributed by atoms with Crippen LogP contribution in [0.3, 0.4) is 0 Å². The van der Waals surface area contributed by atoms with E-state index in [0.29, 0.717) is 0 Å². The molecule has 1 aliphatic carbocycles. The van der Waals surface area contributed by atoms with Gasteiger partial charge in [-0.2, -0.15) is 0 Å². The molecule has 1 aliphatic heterocycles. The van der Waals surface area contributed by atoms with E-state index in [1.807, 2.05) is 0 Å². The van der Waals surface area contributed by atoms with E-state index in [0.717, 1.165) is 12.5 Å². The lowest BCUT2D eigenvalue weighted by Gasteiger charge is -2.43. The average molecular weight is 225 g/mol. The van der Waals surface area contributed by atoms with Crippen molar-refractivity contribution in [3.05, 3.63) is 0 Å². The van der Waals surface area contributed by atoms with Crippen molar-refractivity contribution in [2.24, 2.45) is 5.92 Å². The van der Waals surface area contributed by atoms with E-state index < -0.39 is 0 Å². The minimum absolute atomic E-state index is 0.287. The van der Waals surface area contributed by atoms with Crippen LogP contribution in [-0.2, 0) is 4.74 Å². The van der Waals surface area contributed by atoms with E-state index in [4.69, 9.17) is 4.74 Å². The average Bonchev–Trinajstić information content (AvgIpc) is 2.31. The quantitative estimate of drug-likeness (QED) is 0.742. The van der Waals surface area contributed by atoms with Crippen LogP contribution in [0.1, 0.15) is 58.3 Å². The van der Waals surface area contributed by atoms with Crippen LogP contribution in [0.25, 0.3) is 0 Å². The molecule has 0 aromatic rings. The summed E-state index contributed by atoms with van der Waals surface area (Å²) in [6.07, 6.45) is 10.6. The summed E-state index contributed by atoms with van der Waals surface area (Å²) in [6.45, 7) is 5.61. The molecule has 0 aromatic heterocycles. The highest BCUT2D eigenvalue weighted by Crippen LogP contribution is 2.40. The van der Waals surface area contributed by atoms with Crippen LogP contribution in [0, 0.1) is 5.92 Å². The van der Waals surface area contributed by atoms with E-state index in [9.17, 15) is 0 Å². The van der Waals surface area contributed by atoms with Gasteiger partial charge in [0.1, 0.15) is 0 Å². The summed E-state index contributed by atoms with van der Waals surface area (Å²) in [4.78, 5) is 0. The molecule has 1 spiro atoms. The molecular weight excluding hydrogens is 198 g/mol. The second-order valence-electron chi connectivity index (χ2n) is 5.66. The van der Waals surface area contributed by atoms with Gasteiger partial charge in [0.25, 0.3) is 0 Å². The predicted molar refractivity (Wildman–Crippen MR) is 67.7 cm³/mol. The van der Waals surface area contributed by atoms with Crippen molar-refractivity contribution in [3.63, 3.8) is 0 Å². The maximum absolute atomic E-state index is 6.12. The molecule has 2 rings (SSSR count). The molecule has 0 amide bonds. The zero-order chi connectivity index (χ0) is 11.3. The van der Waals surface area contributed by atoms with E-state index in [-0.39, 0.29) is 5.60 Å². The first-order valence-corrected chi connectivity index (χ1v) is 7.19. The Morgan fingerprint density at radius 1 is 1.25 bits per heavy atom. The lowest BCUT2D eigenvalue weighted by atomic mass is 9.76. The Hall–Kier alpha value is -0.0800. The van der Waals surface area contributed by atoms with Gasteiger partial charge in [0, 0.05) is 6.61 Å². The van der Waals surface area contributed by atoms with Gasteiger partial charge >= 0.3 is 0 Å². The van der Waals surface area contributed by atoms with E-state index >= 15 is 0 Å². The highest BCUT2D eigenvalue weighted by atomic mass is 16.5. The molecule has 1 saturated heterocycles. The Labute approximate surface area is 100 Å². The molecule has 1 unspecified atom stereocenters. The second kappa shape index (κ2) is 6.02. The zero-order valence-electron chi connectivity index (χ0n) is 10.8. The highest BCUT2D eigenvalue weighted by Gasteiger charge is 2.38. The number of rotatable bonds is 4. The van der Waals surface area contributed by atoms with Gasteiger partial charge in [-0.15, -0.1) is 0 Å². The third kappa shape index (κ3) is 3.21. The van der Waals surface area contributed by atoms with Gasteiger partial charge in [0.05, 0.1) is 5.60 Å². The molecule has 0 bridgehead atoms. The molecule has 2 nitrogen and oxygen atoms in total. The van der Waals surface area contributed by atoms with Crippen LogP contribution >= 0.6 is 0 Å². The summed E-state index contributed by atoms with van der Waals surface area (Å²) in [5, 5.41) is 3.57. The van der Waals surface area contributed by atoms with Crippen LogP contribution in [0.15, 0.2) is 0 Å². The number of nitrogens with one attached hydrogen (secondary N) is 1. The maximum atomic E-state index is 6.12. The summed E-state index contributed by atoms with van der Waals surface area (Å²) < 4.78 is 6.12. The largest absolute Gasteiger partial charge is 0.375 e. The molecule has 2 heteroatoms. The molecule has 1 N–H and O–H groups in total. The number of ether oxygens (including phenoxy) is 1. The molecule has 1 heterocycles. The molecule has 94 valence electrons. The minimum atomic E-state index is 0.287. The summed E-state index contributed by atoms with van der Waals surface area (Å²) in [6, 6.07) is 0. The fraction of sp³-hybridized carbons (Fsp3) is 1.00. The molecule has 0 aromatic carbocycles. The van der Waals surface area contributed by atoms with Crippen LogP contribution in [-0.4, -0.2) is 25.3 Å². The second-order valence-corrected chi connectivity index (χ2v) is 5.66. The monoisotopic (exact) mass is 225 g/mol. The van der Waals surface area contributed by atoms with Crippen molar-refractivity contribution in [2.45, 2.75) is 63.9 Å². The van der Waals surface area contributed by atoms with Crippen molar-refractivity contribution in [2.75, 3.05) is 19.7 Å². The topological polar surface area (TPSA) is 21.3 Å². The number of hydrogen-bond donors (Lipinski definition) is 1. The first-order chi connectivity index (χ1) is 7.85. The van der Waals surface area contributed by atoms with E-state index in [2.05, 4.69) is 12.2 Å². The maximum Gasteiger partial charge on any atom is 0.0685 e. The SMILES string of the molecule is CCCNCC1CCOC2(CCCCC2)C1. The lowest BCUT2D eigenvalue weighted by molar-refractivity contribution is -0.116. The molecule has 2 fully saturated rings. The Balaban J connectivity index is 1.78. The Morgan fingerprint density at radius 2 is 2.06 bits per heavy atom. The van der Waals surface area contributed by atoms with Gasteiger partial charge in [-0.05, 0) is 51.1 Å². The standard InChI is InChI=1S/C14H27NO/c1-2-9-15-12-13-6-10-16-14(11-13)7-4-3-5-8-14/h13,15H,2-12H2,1H3. The van der Waals surface area contributed by atoms with Gasteiger partial charge in [-0.1, -0.05) is 26.2 Å². The molecule has 0 radical (unpaired) electrons. The predicted octanol–water partition coefficient (Wildman–Crippen LogP) is 3.12. The third-order valence-corrected chi connectivity index (χ3v) is 4.22. The van der Waals surface area contributed by atoms with Crippen molar-refractivity contribution in [1.82, 2.24) is 5.32 Å². The molecular formula is C14H27NO. The van der Waals surface area contributed by atoms with E-state index in [1.165, 1.54) is 64.5 Å². The molecule has 1 atom stereocenters. The van der Waals surface area contributed by atoms with Crippen molar-refractivity contribution in [3.8, 4) is 0 Å². The first-order valence-electron chi connectivity index (χ1n) is 7.19. The summed E-state index contributed by atoms with van der Waals surface area (Å²) >= 11 is 0. The Morgan fingerprint density at radius 3 is 2.81 bits per heavy atom. The van der Waals surface area contributed by atoms with Crippen LogP contribution in [0.5, 0.6) is 0 Å². The fourth-order valence-corrected chi connectivity index (χ4v) is 3.33. The first kappa shape index (κ1) is 12.4. The minimum Gasteiger partial charge on any atom is -0.375 e. The van der Waals surface area contributed by atoms with Crippen molar-refractivity contribution >= 4 is 0 Å². The normalized spacial score (nSPS) is 29.4. The summed E-state index contributed by atoms with van der Waals surface area (Å²) in [5.41, 5.74) is 0.287. The lowest BCUT2D eigenvalue weighted by Crippen LogP contribution is -2.43. The van der Waals surface area contributed by atoms with Gasteiger partial charge in [0.2, 0.25) is 0 Å². The summed E-state index contributed by atoms with van der Waals surface area (Å²) in [5.74, 6) is 0.860. The van der Waals surface area contributed by atoms with Gasteiger partial charge in [0.15, 0.2) is 0 Å². The van der Waals surface area contributed by atoms with Crippen LogP contribution < -0.4 is 5.32 Å². The van der Waals surface area contributed by atoms with Gasteiger partial charge in [-0.25, -0.2) is 0 Å². The van der Waals surface area contributed by atoms with Crippen LogP contribution in [0.4, 0.5) is 0 Å². The Bertz CT molecular complexity index is 193.